The third kappa shape index (κ3) is 4.93. The Morgan fingerprint density at radius 3 is 2.52 bits per heavy atom. The fraction of sp³-hybridized carbons (Fsp3) is 0.222. The minimum atomic E-state index is -0.479. The van der Waals surface area contributed by atoms with E-state index in [4.69, 9.17) is 16.3 Å². The SMILES string of the molecule is O=C(COc1ccc(F)cc1Cl)Nc1ccc(C(=O)NC2CC2)cc1. The molecule has 7 heteroatoms. The van der Waals surface area contributed by atoms with Gasteiger partial charge in [0.2, 0.25) is 0 Å². The van der Waals surface area contributed by atoms with Crippen LogP contribution in [0.5, 0.6) is 5.75 Å². The highest BCUT2D eigenvalue weighted by Gasteiger charge is 2.23. The molecule has 0 spiro atoms. The number of amides is 2. The summed E-state index contributed by atoms with van der Waals surface area (Å²) in [5.41, 5.74) is 1.08. The van der Waals surface area contributed by atoms with E-state index in [2.05, 4.69) is 10.6 Å². The van der Waals surface area contributed by atoms with Crippen LogP contribution < -0.4 is 15.4 Å². The maximum Gasteiger partial charge on any atom is 0.262 e. The summed E-state index contributed by atoms with van der Waals surface area (Å²) in [4.78, 5) is 23.8. The van der Waals surface area contributed by atoms with E-state index in [-0.39, 0.29) is 23.3 Å². The average Bonchev–Trinajstić information content (AvgIpc) is 3.38. The number of carbonyl (C=O) groups is 2. The summed E-state index contributed by atoms with van der Waals surface area (Å²) in [6.07, 6.45) is 2.05. The van der Waals surface area contributed by atoms with Crippen molar-refractivity contribution in [3.8, 4) is 5.75 Å². The summed E-state index contributed by atoms with van der Waals surface area (Å²) >= 11 is 5.83. The molecule has 1 fully saturated rings. The monoisotopic (exact) mass is 362 g/mol. The van der Waals surface area contributed by atoms with Crippen LogP contribution in [0.4, 0.5) is 10.1 Å². The number of benzene rings is 2. The number of nitrogens with one attached hydrogen (secondary N) is 2. The second-order valence-corrected chi connectivity index (χ2v) is 6.14. The average molecular weight is 363 g/mol. The minimum absolute atomic E-state index is 0.0961. The van der Waals surface area contributed by atoms with E-state index in [1.807, 2.05) is 0 Å². The van der Waals surface area contributed by atoms with Crippen molar-refractivity contribution in [2.24, 2.45) is 0 Å². The van der Waals surface area contributed by atoms with Crippen molar-refractivity contribution in [3.63, 3.8) is 0 Å². The normalized spacial score (nSPS) is 13.2. The number of ether oxygens (including phenoxy) is 1. The molecule has 0 bridgehead atoms. The molecule has 0 unspecified atom stereocenters. The first-order chi connectivity index (χ1) is 12.0. The van der Waals surface area contributed by atoms with E-state index in [1.165, 1.54) is 12.1 Å². The van der Waals surface area contributed by atoms with Gasteiger partial charge in [0.15, 0.2) is 6.61 Å². The zero-order valence-corrected chi connectivity index (χ0v) is 14.0. The molecule has 2 aromatic carbocycles. The van der Waals surface area contributed by atoms with Crippen molar-refractivity contribution in [3.05, 3.63) is 58.9 Å². The van der Waals surface area contributed by atoms with Crippen LogP contribution in [0.25, 0.3) is 0 Å². The van der Waals surface area contributed by atoms with Crippen LogP contribution in [0.3, 0.4) is 0 Å². The molecule has 1 aliphatic rings. The molecule has 1 aliphatic carbocycles. The topological polar surface area (TPSA) is 67.4 Å². The zero-order valence-electron chi connectivity index (χ0n) is 13.2. The number of rotatable bonds is 6. The molecule has 2 N–H and O–H groups in total. The minimum Gasteiger partial charge on any atom is -0.482 e. The van der Waals surface area contributed by atoms with Crippen molar-refractivity contribution in [1.29, 1.82) is 0 Å². The van der Waals surface area contributed by atoms with Gasteiger partial charge in [0, 0.05) is 17.3 Å². The summed E-state index contributed by atoms with van der Waals surface area (Å²) < 4.78 is 18.2. The molecule has 0 aliphatic heterocycles. The Bertz CT molecular complexity index is 791. The van der Waals surface area contributed by atoms with Crippen molar-refractivity contribution >= 4 is 29.1 Å². The third-order valence-corrected chi connectivity index (χ3v) is 3.89. The van der Waals surface area contributed by atoms with Crippen LogP contribution in [0.1, 0.15) is 23.2 Å². The smallest absolute Gasteiger partial charge is 0.262 e. The first kappa shape index (κ1) is 17.2. The van der Waals surface area contributed by atoms with E-state index in [1.54, 1.807) is 24.3 Å². The molecule has 25 heavy (non-hydrogen) atoms. The third-order valence-electron chi connectivity index (χ3n) is 3.60. The Labute approximate surface area is 149 Å². The van der Waals surface area contributed by atoms with E-state index < -0.39 is 11.7 Å². The predicted octanol–water partition coefficient (Wildman–Crippen LogP) is 3.39. The highest BCUT2D eigenvalue weighted by molar-refractivity contribution is 6.32. The molecule has 5 nitrogen and oxygen atoms in total. The Balaban J connectivity index is 1.51. The van der Waals surface area contributed by atoms with Gasteiger partial charge in [-0.15, -0.1) is 0 Å². The summed E-state index contributed by atoms with van der Waals surface area (Å²) in [6.45, 7) is -0.269. The lowest BCUT2D eigenvalue weighted by Crippen LogP contribution is -2.25. The van der Waals surface area contributed by atoms with Gasteiger partial charge in [-0.05, 0) is 55.3 Å². The largest absolute Gasteiger partial charge is 0.482 e. The second-order valence-electron chi connectivity index (χ2n) is 5.74. The molecule has 0 aromatic heterocycles. The van der Waals surface area contributed by atoms with Gasteiger partial charge in [-0.25, -0.2) is 4.39 Å². The van der Waals surface area contributed by atoms with E-state index >= 15 is 0 Å². The molecule has 0 radical (unpaired) electrons. The van der Waals surface area contributed by atoms with E-state index in [0.29, 0.717) is 17.3 Å². The predicted molar refractivity (Wildman–Crippen MR) is 92.5 cm³/mol. The molecule has 2 amide bonds. The summed E-state index contributed by atoms with van der Waals surface area (Å²) in [6, 6.07) is 10.5. The van der Waals surface area contributed by atoms with Gasteiger partial charge in [-0.3, -0.25) is 9.59 Å². The van der Waals surface area contributed by atoms with Gasteiger partial charge in [-0.1, -0.05) is 11.6 Å². The summed E-state index contributed by atoms with van der Waals surface area (Å²) in [5.74, 6) is -0.761. The standard InChI is InChI=1S/C18H16ClFN2O3/c19-15-9-12(20)3-8-16(15)25-10-17(23)21-13-4-1-11(2-5-13)18(24)22-14-6-7-14/h1-5,8-9,14H,6-7,10H2,(H,21,23)(H,22,24). The quantitative estimate of drug-likeness (QED) is 0.827. The Hall–Kier alpha value is -2.60. The van der Waals surface area contributed by atoms with Gasteiger partial charge in [0.05, 0.1) is 5.02 Å². The second kappa shape index (κ2) is 7.53. The number of carbonyl (C=O) groups excluding carboxylic acids is 2. The lowest BCUT2D eigenvalue weighted by Gasteiger charge is -2.09. The molecule has 0 heterocycles. The highest BCUT2D eigenvalue weighted by Crippen LogP contribution is 2.24. The van der Waals surface area contributed by atoms with Crippen LogP contribution >= 0.6 is 11.6 Å². The van der Waals surface area contributed by atoms with Crippen molar-refractivity contribution in [2.45, 2.75) is 18.9 Å². The van der Waals surface area contributed by atoms with Gasteiger partial charge >= 0.3 is 0 Å². The molecule has 0 atom stereocenters. The Kier molecular flexibility index (Phi) is 5.19. The lowest BCUT2D eigenvalue weighted by molar-refractivity contribution is -0.118. The van der Waals surface area contributed by atoms with Gasteiger partial charge < -0.3 is 15.4 Å². The number of anilines is 1. The Morgan fingerprint density at radius 1 is 1.16 bits per heavy atom. The molecule has 1 saturated carbocycles. The number of hydrogen-bond donors (Lipinski definition) is 2. The van der Waals surface area contributed by atoms with Crippen LogP contribution in [0.2, 0.25) is 5.02 Å². The first-order valence-corrected chi connectivity index (χ1v) is 8.18. The zero-order chi connectivity index (χ0) is 17.8. The maximum atomic E-state index is 12.9. The van der Waals surface area contributed by atoms with Crippen molar-refractivity contribution < 1.29 is 18.7 Å². The van der Waals surface area contributed by atoms with Gasteiger partial charge in [0.1, 0.15) is 11.6 Å². The fourth-order valence-electron chi connectivity index (χ4n) is 2.13. The van der Waals surface area contributed by atoms with Crippen LogP contribution in [-0.4, -0.2) is 24.5 Å². The molecule has 130 valence electrons. The van der Waals surface area contributed by atoms with Gasteiger partial charge in [0.25, 0.3) is 11.8 Å². The van der Waals surface area contributed by atoms with E-state index in [9.17, 15) is 14.0 Å². The number of halogens is 2. The molecular weight excluding hydrogens is 347 g/mol. The highest BCUT2D eigenvalue weighted by atomic mass is 35.5. The van der Waals surface area contributed by atoms with Crippen LogP contribution in [-0.2, 0) is 4.79 Å². The number of hydrogen-bond acceptors (Lipinski definition) is 3. The molecule has 0 saturated heterocycles. The van der Waals surface area contributed by atoms with Gasteiger partial charge in [-0.2, -0.15) is 0 Å². The molecule has 2 aromatic rings. The maximum absolute atomic E-state index is 12.9. The van der Waals surface area contributed by atoms with E-state index in [0.717, 1.165) is 18.9 Å². The summed E-state index contributed by atoms with van der Waals surface area (Å²) in [5, 5.41) is 5.64. The van der Waals surface area contributed by atoms with Crippen LogP contribution in [0, 0.1) is 5.82 Å². The first-order valence-electron chi connectivity index (χ1n) is 7.80. The Morgan fingerprint density at radius 2 is 1.88 bits per heavy atom. The van der Waals surface area contributed by atoms with Crippen molar-refractivity contribution in [2.75, 3.05) is 11.9 Å². The lowest BCUT2D eigenvalue weighted by atomic mass is 10.2. The molecular formula is C18H16ClFN2O3. The van der Waals surface area contributed by atoms with Crippen molar-refractivity contribution in [1.82, 2.24) is 5.32 Å². The summed E-state index contributed by atoms with van der Waals surface area (Å²) in [7, 11) is 0. The molecule has 3 rings (SSSR count). The fourth-order valence-corrected chi connectivity index (χ4v) is 2.36. The van der Waals surface area contributed by atoms with Crippen LogP contribution in [0.15, 0.2) is 42.5 Å².